The Hall–Kier alpha value is -1.89. The van der Waals surface area contributed by atoms with Crippen LogP contribution in [-0.4, -0.2) is 23.1 Å². The molecule has 2 N–H and O–H groups in total. The van der Waals surface area contributed by atoms with Crippen LogP contribution in [0.15, 0.2) is 23.0 Å². The summed E-state index contributed by atoms with van der Waals surface area (Å²) in [5, 5.41) is 3.13. The highest BCUT2D eigenvalue weighted by Crippen LogP contribution is 2.30. The number of likely N-dealkylation sites (N-methyl/N-ethyl adjacent to an activating group) is 1. The Morgan fingerprint density at radius 1 is 1.40 bits per heavy atom. The first-order chi connectivity index (χ1) is 9.31. The third-order valence-corrected chi connectivity index (χ3v) is 3.08. The summed E-state index contributed by atoms with van der Waals surface area (Å²) in [5.74, 6) is 0.365. The van der Waals surface area contributed by atoms with Crippen molar-refractivity contribution in [2.45, 2.75) is 25.6 Å². The molecule has 0 amide bonds. The molecule has 20 heavy (non-hydrogen) atoms. The molecule has 1 heterocycles. The second-order valence-corrected chi connectivity index (χ2v) is 4.64. The highest BCUT2D eigenvalue weighted by Gasteiger charge is 2.30. The molecule has 0 fully saturated rings. The number of fused-ring (bicyclic) bond motifs is 1. The Morgan fingerprint density at radius 3 is 2.70 bits per heavy atom. The lowest BCUT2D eigenvalue weighted by molar-refractivity contribution is -0.137. The topological polar surface area (TPSA) is 57.8 Å². The van der Waals surface area contributed by atoms with E-state index in [9.17, 15) is 18.0 Å². The molecule has 0 aliphatic carbocycles. The van der Waals surface area contributed by atoms with E-state index < -0.39 is 17.3 Å². The maximum atomic E-state index is 12.7. The molecule has 0 radical (unpaired) electrons. The first-order valence-electron chi connectivity index (χ1n) is 6.08. The van der Waals surface area contributed by atoms with Gasteiger partial charge in [-0.3, -0.25) is 4.79 Å². The molecule has 1 unspecified atom stereocenters. The van der Waals surface area contributed by atoms with Crippen molar-refractivity contribution >= 4 is 10.9 Å². The third kappa shape index (κ3) is 2.98. The molecule has 108 valence electrons. The number of aromatic amines is 1. The quantitative estimate of drug-likeness (QED) is 0.908. The lowest BCUT2D eigenvalue weighted by Gasteiger charge is -2.10. The number of hydrogen-bond acceptors (Lipinski definition) is 3. The van der Waals surface area contributed by atoms with E-state index in [4.69, 9.17) is 0 Å². The van der Waals surface area contributed by atoms with Gasteiger partial charge in [0.15, 0.2) is 0 Å². The van der Waals surface area contributed by atoms with Crippen molar-refractivity contribution in [3.05, 3.63) is 39.9 Å². The van der Waals surface area contributed by atoms with E-state index in [0.717, 1.165) is 18.2 Å². The number of H-pyrrole nitrogens is 1. The summed E-state index contributed by atoms with van der Waals surface area (Å²) < 4.78 is 38.0. The van der Waals surface area contributed by atoms with Gasteiger partial charge in [0.2, 0.25) is 0 Å². The van der Waals surface area contributed by atoms with E-state index in [2.05, 4.69) is 15.3 Å². The van der Waals surface area contributed by atoms with Gasteiger partial charge in [-0.15, -0.1) is 0 Å². The summed E-state index contributed by atoms with van der Waals surface area (Å²) in [6, 6.07) is 2.99. The minimum atomic E-state index is -4.45. The van der Waals surface area contributed by atoms with Crippen molar-refractivity contribution in [1.29, 1.82) is 0 Å². The Kier molecular flexibility index (Phi) is 3.80. The van der Waals surface area contributed by atoms with E-state index in [-0.39, 0.29) is 16.9 Å². The van der Waals surface area contributed by atoms with E-state index in [1.54, 1.807) is 7.05 Å². The zero-order valence-electron chi connectivity index (χ0n) is 11.0. The summed E-state index contributed by atoms with van der Waals surface area (Å²) >= 11 is 0. The maximum Gasteiger partial charge on any atom is 0.416 e. The maximum absolute atomic E-state index is 12.7. The van der Waals surface area contributed by atoms with Gasteiger partial charge in [0.1, 0.15) is 5.82 Å². The first-order valence-corrected chi connectivity index (χ1v) is 6.08. The highest BCUT2D eigenvalue weighted by atomic mass is 19.4. The van der Waals surface area contributed by atoms with Crippen molar-refractivity contribution in [2.75, 3.05) is 7.05 Å². The van der Waals surface area contributed by atoms with Crippen molar-refractivity contribution < 1.29 is 13.2 Å². The summed E-state index contributed by atoms with van der Waals surface area (Å²) in [6.45, 7) is 1.89. The van der Waals surface area contributed by atoms with Gasteiger partial charge in [0, 0.05) is 12.5 Å². The van der Waals surface area contributed by atoms with E-state index in [1.807, 2.05) is 6.92 Å². The minimum Gasteiger partial charge on any atom is -0.317 e. The fraction of sp³-hybridized carbons (Fsp3) is 0.385. The largest absolute Gasteiger partial charge is 0.416 e. The number of nitrogens with zero attached hydrogens (tertiary/aromatic N) is 1. The van der Waals surface area contributed by atoms with Crippen LogP contribution in [0.4, 0.5) is 13.2 Å². The fourth-order valence-corrected chi connectivity index (χ4v) is 1.85. The fourth-order valence-electron chi connectivity index (χ4n) is 1.85. The van der Waals surface area contributed by atoms with Crippen LogP contribution in [0.1, 0.15) is 18.3 Å². The number of hydrogen-bond donors (Lipinski definition) is 2. The molecule has 0 bridgehead atoms. The van der Waals surface area contributed by atoms with Gasteiger partial charge in [0.25, 0.3) is 5.56 Å². The van der Waals surface area contributed by atoms with Gasteiger partial charge < -0.3 is 10.3 Å². The van der Waals surface area contributed by atoms with E-state index >= 15 is 0 Å². The molecule has 0 aliphatic heterocycles. The molecule has 2 rings (SSSR count). The standard InChI is InChI=1S/C13H14F3N3O/c1-7(17-2)5-11-18-10-6-8(13(14,15)16)3-4-9(10)12(20)19-11/h3-4,6-7,17H,5H2,1-2H3,(H,18,19,20). The summed E-state index contributed by atoms with van der Waals surface area (Å²) in [7, 11) is 1.76. The summed E-state index contributed by atoms with van der Waals surface area (Å²) in [5.41, 5.74) is -1.18. The zero-order valence-corrected chi connectivity index (χ0v) is 11.0. The lowest BCUT2D eigenvalue weighted by Crippen LogP contribution is -2.26. The monoisotopic (exact) mass is 285 g/mol. The predicted molar refractivity (Wildman–Crippen MR) is 69.6 cm³/mol. The number of nitrogens with one attached hydrogen (secondary N) is 2. The van der Waals surface area contributed by atoms with Crippen LogP contribution in [0, 0.1) is 0 Å². The predicted octanol–water partition coefficient (Wildman–Crippen LogP) is 2.09. The average molecular weight is 285 g/mol. The van der Waals surface area contributed by atoms with Gasteiger partial charge in [-0.05, 0) is 32.2 Å². The molecule has 0 saturated heterocycles. The van der Waals surface area contributed by atoms with Gasteiger partial charge in [-0.1, -0.05) is 0 Å². The smallest absolute Gasteiger partial charge is 0.317 e. The zero-order chi connectivity index (χ0) is 14.9. The van der Waals surface area contributed by atoms with Crippen LogP contribution < -0.4 is 10.9 Å². The second-order valence-electron chi connectivity index (χ2n) is 4.64. The molecule has 7 heteroatoms. The van der Waals surface area contributed by atoms with Crippen LogP contribution in [0.5, 0.6) is 0 Å². The van der Waals surface area contributed by atoms with Crippen LogP contribution in [0.25, 0.3) is 10.9 Å². The van der Waals surface area contributed by atoms with Crippen molar-refractivity contribution in [3.8, 4) is 0 Å². The van der Waals surface area contributed by atoms with E-state index in [1.165, 1.54) is 0 Å². The van der Waals surface area contributed by atoms with Crippen LogP contribution in [0.3, 0.4) is 0 Å². The summed E-state index contributed by atoms with van der Waals surface area (Å²) in [4.78, 5) is 18.5. The molecule has 0 saturated carbocycles. The first kappa shape index (κ1) is 14.5. The second kappa shape index (κ2) is 5.24. The molecule has 1 atom stereocenters. The Balaban J connectivity index is 2.53. The molecule has 0 aliphatic rings. The molecule has 4 nitrogen and oxygen atoms in total. The lowest BCUT2D eigenvalue weighted by atomic mass is 10.1. The van der Waals surface area contributed by atoms with Crippen molar-refractivity contribution in [3.63, 3.8) is 0 Å². The normalized spacial score (nSPS) is 13.7. The molecular weight excluding hydrogens is 271 g/mol. The molecule has 1 aromatic carbocycles. The number of alkyl halides is 3. The van der Waals surface area contributed by atoms with Crippen LogP contribution in [-0.2, 0) is 12.6 Å². The highest BCUT2D eigenvalue weighted by molar-refractivity contribution is 5.78. The third-order valence-electron chi connectivity index (χ3n) is 3.08. The van der Waals surface area contributed by atoms with Gasteiger partial charge in [-0.2, -0.15) is 13.2 Å². The van der Waals surface area contributed by atoms with E-state index in [0.29, 0.717) is 12.2 Å². The van der Waals surface area contributed by atoms with Crippen molar-refractivity contribution in [1.82, 2.24) is 15.3 Å². The molecule has 1 aromatic heterocycles. The molecule has 2 aromatic rings. The SMILES string of the molecule is CNC(C)Cc1nc2cc(C(F)(F)F)ccc2c(=O)[nH]1. The van der Waals surface area contributed by atoms with Gasteiger partial charge in [0.05, 0.1) is 16.5 Å². The van der Waals surface area contributed by atoms with Crippen LogP contribution in [0.2, 0.25) is 0 Å². The van der Waals surface area contributed by atoms with Gasteiger partial charge >= 0.3 is 6.18 Å². The Bertz CT molecular complexity index is 679. The Labute approximate surface area is 113 Å². The number of rotatable bonds is 3. The number of benzene rings is 1. The van der Waals surface area contributed by atoms with Crippen LogP contribution >= 0.6 is 0 Å². The summed E-state index contributed by atoms with van der Waals surface area (Å²) in [6.07, 6.45) is -4.02. The molecular formula is C13H14F3N3O. The van der Waals surface area contributed by atoms with Gasteiger partial charge in [-0.25, -0.2) is 4.98 Å². The van der Waals surface area contributed by atoms with Crippen molar-refractivity contribution in [2.24, 2.45) is 0 Å². The number of halogens is 3. The average Bonchev–Trinajstić information content (AvgIpc) is 2.36. The number of aromatic nitrogens is 2. The molecule has 0 spiro atoms. The minimum absolute atomic E-state index is 0.0569. The Morgan fingerprint density at radius 2 is 2.10 bits per heavy atom.